The monoisotopic (exact) mass is 491 g/mol. The van der Waals surface area contributed by atoms with Crippen LogP contribution in [0.15, 0.2) is 66.1 Å². The Bertz CT molecular complexity index is 1260. The number of benzene rings is 2. The first-order chi connectivity index (χ1) is 17.0. The van der Waals surface area contributed by atoms with Crippen molar-refractivity contribution in [2.45, 2.75) is 12.8 Å². The van der Waals surface area contributed by atoms with Gasteiger partial charge in [0, 0.05) is 28.1 Å². The average Bonchev–Trinajstić information content (AvgIpc) is 3.56. The molecule has 8 nitrogen and oxygen atoms in total. The lowest BCUT2D eigenvalue weighted by molar-refractivity contribution is -0.143. The van der Waals surface area contributed by atoms with Gasteiger partial charge in [-0.2, -0.15) is 0 Å². The number of thiophene rings is 1. The van der Waals surface area contributed by atoms with Crippen LogP contribution in [0.1, 0.15) is 38.4 Å². The van der Waals surface area contributed by atoms with Gasteiger partial charge in [0.1, 0.15) is 0 Å². The lowest BCUT2D eigenvalue weighted by atomic mass is 10.1. The molecule has 0 unspecified atom stereocenters. The molecule has 9 heteroatoms. The van der Waals surface area contributed by atoms with Crippen LogP contribution < -0.4 is 14.8 Å². The number of carbonyl (C=O) groups is 4. The predicted octanol–water partition coefficient (Wildman–Crippen LogP) is 4.52. The second kappa shape index (κ2) is 11.3. The summed E-state index contributed by atoms with van der Waals surface area (Å²) in [6.45, 7) is -0.337. The Morgan fingerprint density at radius 1 is 0.943 bits per heavy atom. The van der Waals surface area contributed by atoms with Gasteiger partial charge in [0.05, 0.1) is 6.42 Å². The number of nitrogens with one attached hydrogen (secondary N) is 1. The van der Waals surface area contributed by atoms with E-state index in [9.17, 15) is 19.2 Å². The summed E-state index contributed by atoms with van der Waals surface area (Å²) in [6.07, 6.45) is 2.97. The van der Waals surface area contributed by atoms with Crippen molar-refractivity contribution >= 4 is 46.5 Å². The number of rotatable bonds is 10. The number of carbonyl (C=O) groups excluding carboxylic acids is 4. The van der Waals surface area contributed by atoms with E-state index in [1.54, 1.807) is 42.5 Å². The summed E-state index contributed by atoms with van der Waals surface area (Å²) in [4.78, 5) is 49.5. The molecule has 1 aromatic heterocycles. The number of anilines is 1. The van der Waals surface area contributed by atoms with Crippen LogP contribution in [0.5, 0.6) is 11.5 Å². The van der Waals surface area contributed by atoms with Gasteiger partial charge in [-0.05, 0) is 66.1 Å². The number of allylic oxidation sites excluding steroid dienone is 1. The van der Waals surface area contributed by atoms with Crippen LogP contribution in [-0.4, -0.2) is 36.8 Å². The van der Waals surface area contributed by atoms with E-state index in [4.69, 9.17) is 14.2 Å². The molecule has 2 heterocycles. The van der Waals surface area contributed by atoms with Crippen molar-refractivity contribution in [3.05, 3.63) is 82.1 Å². The molecule has 0 spiro atoms. The van der Waals surface area contributed by atoms with Crippen molar-refractivity contribution in [3.8, 4) is 11.5 Å². The quantitative estimate of drug-likeness (QED) is 0.252. The van der Waals surface area contributed by atoms with Gasteiger partial charge in [-0.25, -0.2) is 0 Å². The Hall–Kier alpha value is -4.24. The number of amides is 1. The Morgan fingerprint density at radius 3 is 2.49 bits per heavy atom. The second-order valence-electron chi connectivity index (χ2n) is 7.49. The molecule has 35 heavy (non-hydrogen) atoms. The van der Waals surface area contributed by atoms with Crippen molar-refractivity contribution in [2.24, 2.45) is 0 Å². The topological polar surface area (TPSA) is 108 Å². The summed E-state index contributed by atoms with van der Waals surface area (Å²) >= 11 is 1.54. The van der Waals surface area contributed by atoms with Crippen LogP contribution >= 0.6 is 11.3 Å². The summed E-state index contributed by atoms with van der Waals surface area (Å²) in [5, 5.41) is 4.60. The third kappa shape index (κ3) is 6.64. The second-order valence-corrected chi connectivity index (χ2v) is 8.47. The summed E-state index contributed by atoms with van der Waals surface area (Å²) in [6, 6.07) is 15.0. The van der Waals surface area contributed by atoms with Gasteiger partial charge >= 0.3 is 5.97 Å². The van der Waals surface area contributed by atoms with Gasteiger partial charge in [0.2, 0.25) is 12.7 Å². The van der Waals surface area contributed by atoms with Crippen molar-refractivity contribution in [2.75, 3.05) is 18.7 Å². The van der Waals surface area contributed by atoms with Gasteiger partial charge in [0.25, 0.3) is 0 Å². The van der Waals surface area contributed by atoms with E-state index in [0.717, 1.165) is 4.88 Å². The summed E-state index contributed by atoms with van der Waals surface area (Å²) in [7, 11) is 0. The van der Waals surface area contributed by atoms with E-state index in [-0.39, 0.29) is 37.1 Å². The molecular formula is C26H21NO7S. The zero-order chi connectivity index (χ0) is 24.6. The third-order valence-electron chi connectivity index (χ3n) is 5.01. The minimum Gasteiger partial charge on any atom is -0.457 e. The van der Waals surface area contributed by atoms with Gasteiger partial charge in [-0.15, -0.1) is 11.3 Å². The van der Waals surface area contributed by atoms with Crippen LogP contribution in [0.25, 0.3) is 6.08 Å². The molecule has 0 saturated carbocycles. The fourth-order valence-electron chi connectivity index (χ4n) is 3.17. The Kier molecular flexibility index (Phi) is 7.69. The van der Waals surface area contributed by atoms with Crippen molar-refractivity contribution in [3.63, 3.8) is 0 Å². The lowest BCUT2D eigenvalue weighted by Gasteiger charge is -2.07. The molecule has 0 bridgehead atoms. The summed E-state index contributed by atoms with van der Waals surface area (Å²) in [5.41, 5.74) is 1.33. The molecule has 0 radical (unpaired) electrons. The minimum atomic E-state index is -0.660. The molecule has 0 atom stereocenters. The van der Waals surface area contributed by atoms with E-state index in [1.807, 2.05) is 17.5 Å². The molecule has 1 aliphatic heterocycles. The number of fused-ring (bicyclic) bond motifs is 1. The van der Waals surface area contributed by atoms with E-state index in [2.05, 4.69) is 5.32 Å². The number of hydrogen-bond donors (Lipinski definition) is 1. The zero-order valence-electron chi connectivity index (χ0n) is 18.5. The lowest BCUT2D eigenvalue weighted by Crippen LogP contribution is -2.17. The third-order valence-corrected chi connectivity index (χ3v) is 5.85. The molecule has 3 aromatic rings. The number of Topliss-reactive ketones (excluding diaryl/α,β-unsaturated/α-hetero) is 1. The van der Waals surface area contributed by atoms with Crippen LogP contribution in [0.4, 0.5) is 5.69 Å². The molecule has 0 fully saturated rings. The fourth-order valence-corrected chi connectivity index (χ4v) is 3.79. The largest absolute Gasteiger partial charge is 0.457 e. The maximum Gasteiger partial charge on any atom is 0.306 e. The number of hydrogen-bond acceptors (Lipinski definition) is 8. The van der Waals surface area contributed by atoms with E-state index < -0.39 is 12.6 Å². The first kappa shape index (κ1) is 23.9. The fraction of sp³-hybridized carbons (Fsp3) is 0.154. The summed E-state index contributed by atoms with van der Waals surface area (Å²) in [5.74, 6) is -0.563. The molecule has 0 aliphatic carbocycles. The first-order valence-electron chi connectivity index (χ1n) is 10.7. The maximum atomic E-state index is 12.2. The Balaban J connectivity index is 1.18. The number of ketones is 2. The van der Waals surface area contributed by atoms with Gasteiger partial charge < -0.3 is 19.5 Å². The molecule has 178 valence electrons. The van der Waals surface area contributed by atoms with Crippen molar-refractivity contribution in [1.29, 1.82) is 0 Å². The molecule has 1 aliphatic rings. The number of esters is 1. The van der Waals surface area contributed by atoms with Crippen LogP contribution in [0, 0.1) is 0 Å². The first-order valence-corrected chi connectivity index (χ1v) is 11.6. The minimum absolute atomic E-state index is 0.0968. The van der Waals surface area contributed by atoms with E-state index in [0.29, 0.717) is 28.3 Å². The van der Waals surface area contributed by atoms with Crippen LogP contribution in [-0.2, 0) is 14.3 Å². The smallest absolute Gasteiger partial charge is 0.306 e. The Morgan fingerprint density at radius 2 is 1.71 bits per heavy atom. The van der Waals surface area contributed by atoms with E-state index in [1.165, 1.54) is 23.5 Å². The zero-order valence-corrected chi connectivity index (χ0v) is 19.3. The molecular weight excluding hydrogens is 470 g/mol. The average molecular weight is 492 g/mol. The van der Waals surface area contributed by atoms with Gasteiger partial charge in [-0.3, -0.25) is 19.2 Å². The maximum absolute atomic E-state index is 12.2. The van der Waals surface area contributed by atoms with Crippen molar-refractivity contribution in [1.82, 2.24) is 0 Å². The van der Waals surface area contributed by atoms with Gasteiger partial charge in [-0.1, -0.05) is 6.07 Å². The highest BCUT2D eigenvalue weighted by Gasteiger charge is 2.17. The standard InChI is InChI=1S/C26H21NO7S/c28-21(9-8-20-2-1-13-35-20)17-3-6-19(7-4-17)27-25(30)11-12-26(31)32-15-22(29)18-5-10-23-24(14-18)34-16-33-23/h1-10,13-14H,11-12,15-16H2,(H,27,30). The molecule has 1 N–H and O–H groups in total. The van der Waals surface area contributed by atoms with Crippen molar-refractivity contribution < 1.29 is 33.4 Å². The van der Waals surface area contributed by atoms with Crippen LogP contribution in [0.3, 0.4) is 0 Å². The number of ether oxygens (including phenoxy) is 3. The van der Waals surface area contributed by atoms with E-state index >= 15 is 0 Å². The molecule has 1 amide bonds. The predicted molar refractivity (Wildman–Crippen MR) is 130 cm³/mol. The highest BCUT2D eigenvalue weighted by atomic mass is 32.1. The summed E-state index contributed by atoms with van der Waals surface area (Å²) < 4.78 is 15.4. The van der Waals surface area contributed by atoms with Crippen LogP contribution in [0.2, 0.25) is 0 Å². The SMILES string of the molecule is O=C(CCC(=O)OCC(=O)c1ccc2c(c1)OCO2)Nc1ccc(C(=O)C=Cc2cccs2)cc1. The molecule has 0 saturated heterocycles. The molecule has 4 rings (SSSR count). The molecule has 2 aromatic carbocycles. The highest BCUT2D eigenvalue weighted by molar-refractivity contribution is 7.10. The Labute approximate surface area is 205 Å². The highest BCUT2D eigenvalue weighted by Crippen LogP contribution is 2.32. The normalized spacial score (nSPS) is 11.9. The van der Waals surface area contributed by atoms with Gasteiger partial charge in [0.15, 0.2) is 29.7 Å².